The zero-order valence-corrected chi connectivity index (χ0v) is 29.7. The number of alkyl halides is 6. The van der Waals surface area contributed by atoms with Crippen molar-refractivity contribution >= 4 is 88.0 Å². The predicted octanol–water partition coefficient (Wildman–Crippen LogP) is 9.59. The number of nitrogens with zero attached hydrogens (tertiary/aromatic N) is 3. The number of carbonyl (C=O) groups excluding carboxylic acids is 2. The van der Waals surface area contributed by atoms with Gasteiger partial charge < -0.3 is 15.3 Å². The van der Waals surface area contributed by atoms with Crippen molar-refractivity contribution < 1.29 is 51.2 Å². The van der Waals surface area contributed by atoms with E-state index in [1.54, 1.807) is 49.4 Å². The molecule has 0 radical (unpaired) electrons. The number of benzene rings is 4. The van der Waals surface area contributed by atoms with Crippen molar-refractivity contribution in [2.45, 2.75) is 19.3 Å². The van der Waals surface area contributed by atoms with Gasteiger partial charge in [-0.3, -0.25) is 9.59 Å². The molecule has 6 aromatic rings. The molecule has 0 amide bonds. The van der Waals surface area contributed by atoms with Crippen molar-refractivity contribution in [2.75, 3.05) is 0 Å². The van der Waals surface area contributed by atoms with E-state index in [9.17, 15) is 35.9 Å². The molecular formula is C36H25BCl3F6N3O5. The number of hydrogen-bond donors (Lipinski definition) is 3. The molecule has 0 bridgehead atoms. The first-order chi connectivity index (χ1) is 25.5. The van der Waals surface area contributed by atoms with Gasteiger partial charge in [0, 0.05) is 38.2 Å². The lowest BCUT2D eigenvalue weighted by Gasteiger charge is -2.14. The number of oxime groups is 1. The predicted molar refractivity (Wildman–Crippen MR) is 197 cm³/mol. The summed E-state index contributed by atoms with van der Waals surface area (Å²) in [7, 11) is -2.10. The van der Waals surface area contributed by atoms with E-state index >= 15 is 0 Å². The Balaban J connectivity index is 0.000000218. The van der Waals surface area contributed by atoms with Crippen LogP contribution in [0.5, 0.6) is 0 Å². The zero-order valence-electron chi connectivity index (χ0n) is 27.4. The van der Waals surface area contributed by atoms with E-state index in [4.69, 9.17) is 50.1 Å². The van der Waals surface area contributed by atoms with Crippen molar-refractivity contribution in [3.8, 4) is 11.3 Å². The average molecular weight is 811 g/mol. The Bertz CT molecular complexity index is 2270. The second-order valence-corrected chi connectivity index (χ2v) is 11.7. The SMILES string of the molecule is C/C=N/O.O=Cc1cc2c(Cl)cccc2nc1-c1ccccc1C(F)(F)F.O=Cc1cc2c(Cl)cccc2nc1Cl.OB(O)c1ccccc1C(F)(F)F. The Labute approximate surface area is 318 Å². The number of aromatic nitrogens is 2. The van der Waals surface area contributed by atoms with Crippen molar-refractivity contribution in [1.29, 1.82) is 0 Å². The Morgan fingerprint density at radius 3 is 1.59 bits per heavy atom. The van der Waals surface area contributed by atoms with Crippen LogP contribution in [0.2, 0.25) is 15.2 Å². The fraction of sp³-hybridized carbons (Fsp3) is 0.0833. The minimum absolute atomic E-state index is 0.0114. The van der Waals surface area contributed by atoms with Crippen LogP contribution in [0.4, 0.5) is 26.3 Å². The Hall–Kier alpha value is -5.06. The highest BCUT2D eigenvalue weighted by Crippen LogP contribution is 2.38. The van der Waals surface area contributed by atoms with E-state index in [2.05, 4.69) is 15.1 Å². The first-order valence-electron chi connectivity index (χ1n) is 15.0. The normalized spacial score (nSPS) is 11.1. The molecule has 2 heterocycles. The molecule has 280 valence electrons. The largest absolute Gasteiger partial charge is 0.489 e. The second-order valence-electron chi connectivity index (χ2n) is 10.5. The number of fused-ring (bicyclic) bond motifs is 2. The second kappa shape index (κ2) is 19.3. The molecule has 8 nitrogen and oxygen atoms in total. The van der Waals surface area contributed by atoms with Crippen molar-refractivity contribution in [2.24, 2.45) is 5.16 Å². The highest BCUT2D eigenvalue weighted by molar-refractivity contribution is 6.59. The molecule has 0 unspecified atom stereocenters. The number of carbonyl (C=O) groups is 2. The van der Waals surface area contributed by atoms with Crippen molar-refractivity contribution in [3.05, 3.63) is 135 Å². The van der Waals surface area contributed by atoms with Gasteiger partial charge in [0.25, 0.3) is 0 Å². The van der Waals surface area contributed by atoms with Gasteiger partial charge in [-0.25, -0.2) is 9.97 Å². The van der Waals surface area contributed by atoms with Gasteiger partial charge in [0.2, 0.25) is 0 Å². The van der Waals surface area contributed by atoms with Crippen LogP contribution in [0.25, 0.3) is 33.1 Å². The summed E-state index contributed by atoms with van der Waals surface area (Å²) in [6.45, 7) is 1.64. The third-order valence-corrected chi connectivity index (χ3v) is 7.99. The molecule has 0 aliphatic rings. The molecular weight excluding hydrogens is 786 g/mol. The zero-order chi connectivity index (χ0) is 40.2. The molecule has 54 heavy (non-hydrogen) atoms. The van der Waals surface area contributed by atoms with E-state index in [1.165, 1.54) is 42.6 Å². The molecule has 0 atom stereocenters. The lowest BCUT2D eigenvalue weighted by Crippen LogP contribution is -2.35. The van der Waals surface area contributed by atoms with E-state index < -0.39 is 36.1 Å². The van der Waals surface area contributed by atoms with Crippen LogP contribution in [0.15, 0.2) is 102 Å². The highest BCUT2D eigenvalue weighted by Gasteiger charge is 2.36. The number of halogens is 9. The number of pyridine rings is 2. The summed E-state index contributed by atoms with van der Waals surface area (Å²) in [6, 6.07) is 22.7. The van der Waals surface area contributed by atoms with Gasteiger partial charge in [0.05, 0.1) is 33.4 Å². The smallest absolute Gasteiger partial charge is 0.423 e. The van der Waals surface area contributed by atoms with Gasteiger partial charge in [0.15, 0.2) is 12.6 Å². The lowest BCUT2D eigenvalue weighted by atomic mass is 9.77. The summed E-state index contributed by atoms with van der Waals surface area (Å²) in [5.41, 5.74) is -1.01. The van der Waals surface area contributed by atoms with Gasteiger partial charge in [-0.15, -0.1) is 5.16 Å². The standard InChI is InChI=1S/C17H9ClF3NO.C10H5Cl2NO.C7H6BF3O2.C2H5NO/c18-14-6-3-7-15-12(14)8-10(9-23)16(22-15)11-4-1-2-5-13(11)17(19,20)21;11-8-2-1-3-9-7(8)4-6(5-14)10(12)13-9;9-7(10,11)5-3-1-2-4-6(5)8(12)13;1-2-3-4/h1-9H;1-5H;1-4,12-13H;2,4H,1H3/b;;;3-2+. The lowest BCUT2D eigenvalue weighted by molar-refractivity contribution is -0.137. The van der Waals surface area contributed by atoms with E-state index in [1.807, 2.05) is 0 Å². The Kier molecular flexibility index (Phi) is 15.5. The summed E-state index contributed by atoms with van der Waals surface area (Å²) < 4.78 is 76.2. The monoisotopic (exact) mass is 809 g/mol. The van der Waals surface area contributed by atoms with Crippen LogP contribution in [0.1, 0.15) is 38.8 Å². The van der Waals surface area contributed by atoms with E-state index in [0.717, 1.165) is 23.6 Å². The molecule has 18 heteroatoms. The van der Waals surface area contributed by atoms with Crippen LogP contribution in [-0.4, -0.2) is 51.1 Å². The van der Waals surface area contributed by atoms with Crippen molar-refractivity contribution in [1.82, 2.24) is 9.97 Å². The third kappa shape index (κ3) is 11.2. The van der Waals surface area contributed by atoms with Crippen molar-refractivity contribution in [3.63, 3.8) is 0 Å². The van der Waals surface area contributed by atoms with Crippen LogP contribution in [-0.2, 0) is 12.4 Å². The van der Waals surface area contributed by atoms with Gasteiger partial charge in [-0.2, -0.15) is 26.3 Å². The quantitative estimate of drug-likeness (QED) is 0.0307. The summed E-state index contributed by atoms with van der Waals surface area (Å²) in [5, 5.41) is 29.7. The first kappa shape index (κ1) is 43.4. The molecule has 0 saturated carbocycles. The minimum atomic E-state index is -4.56. The van der Waals surface area contributed by atoms with Gasteiger partial charge in [0.1, 0.15) is 5.15 Å². The molecule has 0 aliphatic carbocycles. The third-order valence-electron chi connectivity index (χ3n) is 7.02. The van der Waals surface area contributed by atoms with Gasteiger partial charge >= 0.3 is 19.5 Å². The topological polar surface area (TPSA) is 133 Å². The van der Waals surface area contributed by atoms with Crippen LogP contribution in [0.3, 0.4) is 0 Å². The molecule has 0 aliphatic heterocycles. The Morgan fingerprint density at radius 2 is 1.13 bits per heavy atom. The molecule has 6 rings (SSSR count). The summed E-state index contributed by atoms with van der Waals surface area (Å²) >= 11 is 17.8. The van der Waals surface area contributed by atoms with Crippen LogP contribution >= 0.6 is 34.8 Å². The molecule has 0 spiro atoms. The summed E-state index contributed by atoms with van der Waals surface area (Å²) in [5.74, 6) is 0. The molecule has 3 N–H and O–H groups in total. The average Bonchev–Trinajstić information content (AvgIpc) is 3.14. The number of hydrogen-bond acceptors (Lipinski definition) is 8. The maximum absolute atomic E-state index is 13.2. The maximum Gasteiger partial charge on any atom is 0.489 e. The van der Waals surface area contributed by atoms with Gasteiger partial charge in [-0.1, -0.05) is 89.4 Å². The molecule has 0 fully saturated rings. The molecule has 0 saturated heterocycles. The van der Waals surface area contributed by atoms with E-state index in [0.29, 0.717) is 44.6 Å². The first-order valence-corrected chi connectivity index (χ1v) is 16.2. The number of rotatable bonds is 4. The van der Waals surface area contributed by atoms with Gasteiger partial charge in [-0.05, 0) is 54.9 Å². The molecule has 4 aromatic carbocycles. The number of aldehydes is 2. The maximum atomic E-state index is 13.2. The fourth-order valence-electron chi connectivity index (χ4n) is 4.63. The summed E-state index contributed by atoms with van der Waals surface area (Å²) in [6.07, 6.45) is -6.64. The van der Waals surface area contributed by atoms with Crippen LogP contribution in [0, 0.1) is 0 Å². The highest BCUT2D eigenvalue weighted by atomic mass is 35.5. The summed E-state index contributed by atoms with van der Waals surface area (Å²) in [4.78, 5) is 30.3. The van der Waals surface area contributed by atoms with Crippen LogP contribution < -0.4 is 5.46 Å². The van der Waals surface area contributed by atoms with E-state index in [-0.39, 0.29) is 22.0 Å². The Morgan fingerprint density at radius 1 is 0.667 bits per heavy atom. The minimum Gasteiger partial charge on any atom is -0.423 e. The fourth-order valence-corrected chi connectivity index (χ4v) is 5.27. The molecule has 2 aromatic heterocycles.